The van der Waals surface area contributed by atoms with Crippen molar-refractivity contribution in [2.45, 2.75) is 161 Å². The van der Waals surface area contributed by atoms with Crippen molar-refractivity contribution in [1.29, 1.82) is 0 Å². The summed E-state index contributed by atoms with van der Waals surface area (Å²) in [6.45, 7) is 6.74. The van der Waals surface area contributed by atoms with E-state index in [4.69, 9.17) is 0 Å². The fraction of sp³-hybridized carbons (Fsp3) is 0.839. The minimum absolute atomic E-state index is 0.226. The van der Waals surface area contributed by atoms with E-state index in [0.29, 0.717) is 6.42 Å². The van der Waals surface area contributed by atoms with Gasteiger partial charge in [-0.25, -0.2) is 14.4 Å². The first-order valence-corrected chi connectivity index (χ1v) is 15.3. The Hall–Kier alpha value is -1.89. The average molecular weight is 541 g/mol. The predicted octanol–water partition coefficient (Wildman–Crippen LogP) is 7.82. The molecule has 0 saturated carbocycles. The molecule has 0 spiro atoms. The zero-order chi connectivity index (χ0) is 28.8. The van der Waals surface area contributed by atoms with Crippen molar-refractivity contribution >= 4 is 17.9 Å². The minimum Gasteiger partial charge on any atom is -0.477 e. The molecule has 0 rings (SSSR count). The van der Waals surface area contributed by atoms with Crippen LogP contribution >= 0.6 is 0 Å². The maximum absolute atomic E-state index is 11.8. The fourth-order valence-electron chi connectivity index (χ4n) is 5.53. The molecule has 3 N–H and O–H groups in total. The smallest absolute Gasteiger partial charge is 0.362 e. The molecule has 0 aromatic carbocycles. The number of allylic oxidation sites excluding steroid dienone is 2. The van der Waals surface area contributed by atoms with Gasteiger partial charge in [-0.15, -0.1) is 0 Å². The number of nitrogens with zero attached hydrogens (tertiary/aromatic N) is 1. The van der Waals surface area contributed by atoms with Crippen LogP contribution in [0.4, 0.5) is 0 Å². The molecule has 0 heterocycles. The van der Waals surface area contributed by atoms with Crippen molar-refractivity contribution in [3.05, 3.63) is 12.2 Å². The summed E-state index contributed by atoms with van der Waals surface area (Å²) >= 11 is 0. The topological polar surface area (TPSA) is 112 Å². The van der Waals surface area contributed by atoms with Crippen molar-refractivity contribution < 1.29 is 34.2 Å². The molecule has 0 bridgehead atoms. The first-order valence-electron chi connectivity index (χ1n) is 15.3. The monoisotopic (exact) mass is 540 g/mol. The zero-order valence-corrected chi connectivity index (χ0v) is 24.8. The lowest BCUT2D eigenvalue weighted by Gasteiger charge is -2.47. The second kappa shape index (κ2) is 22.0. The first-order chi connectivity index (χ1) is 18.1. The summed E-state index contributed by atoms with van der Waals surface area (Å²) in [4.78, 5) is 35.4. The lowest BCUT2D eigenvalue weighted by atomic mass is 9.99. The molecule has 3 unspecified atom stereocenters. The molecule has 0 fully saturated rings. The Balaban J connectivity index is 4.06. The van der Waals surface area contributed by atoms with E-state index in [9.17, 15) is 29.7 Å². The molecular weight excluding hydrogens is 482 g/mol. The van der Waals surface area contributed by atoms with E-state index < -0.39 is 40.5 Å². The summed E-state index contributed by atoms with van der Waals surface area (Å²) in [6, 6.07) is -3.36. The van der Waals surface area contributed by atoms with E-state index in [1.54, 1.807) is 0 Å². The molecule has 0 aliphatic heterocycles. The number of carbonyl (C=O) groups is 3. The van der Waals surface area contributed by atoms with Gasteiger partial charge in [0, 0.05) is 0 Å². The highest BCUT2D eigenvalue weighted by Crippen LogP contribution is 2.27. The quantitative estimate of drug-likeness (QED) is 0.0586. The minimum atomic E-state index is -1.17. The van der Waals surface area contributed by atoms with Crippen molar-refractivity contribution in [2.75, 3.05) is 6.54 Å². The van der Waals surface area contributed by atoms with Gasteiger partial charge in [0.25, 0.3) is 0 Å². The van der Waals surface area contributed by atoms with Crippen LogP contribution in [0, 0.1) is 0 Å². The van der Waals surface area contributed by atoms with Crippen molar-refractivity contribution in [1.82, 2.24) is 0 Å². The van der Waals surface area contributed by atoms with E-state index in [1.807, 2.05) is 0 Å². The summed E-state index contributed by atoms with van der Waals surface area (Å²) in [5, 5.41) is 28.9. The number of unbranched alkanes of at least 4 members (excludes halogenated alkanes) is 16. The Morgan fingerprint density at radius 1 is 0.526 bits per heavy atom. The van der Waals surface area contributed by atoms with Gasteiger partial charge in [-0.1, -0.05) is 103 Å². The second-order valence-electron chi connectivity index (χ2n) is 11.1. The van der Waals surface area contributed by atoms with Crippen molar-refractivity contribution in [2.24, 2.45) is 0 Å². The van der Waals surface area contributed by atoms with Crippen LogP contribution in [0.2, 0.25) is 0 Å². The highest BCUT2D eigenvalue weighted by Gasteiger charge is 2.52. The summed E-state index contributed by atoms with van der Waals surface area (Å²) in [5.41, 5.74) is 0. The molecule has 0 aliphatic carbocycles. The maximum Gasteiger partial charge on any atom is 0.362 e. The molecular formula is C31H58NO6+. The van der Waals surface area contributed by atoms with Crippen LogP contribution in [0.3, 0.4) is 0 Å². The highest BCUT2D eigenvalue weighted by molar-refractivity contribution is 5.77. The molecule has 7 nitrogen and oxygen atoms in total. The van der Waals surface area contributed by atoms with E-state index in [-0.39, 0.29) is 6.54 Å². The SMILES string of the molecule is CCCC/C=C/CCCCCCCCCCCCCCCC[N+](C(C)C(=O)O)(C(C)C(=O)O)C(C)C(=O)O. The van der Waals surface area contributed by atoms with E-state index in [2.05, 4.69) is 19.1 Å². The summed E-state index contributed by atoms with van der Waals surface area (Å²) in [5.74, 6) is -3.51. The molecule has 3 atom stereocenters. The van der Waals surface area contributed by atoms with Gasteiger partial charge in [-0.3, -0.25) is 4.48 Å². The highest BCUT2D eigenvalue weighted by atomic mass is 16.4. The van der Waals surface area contributed by atoms with Gasteiger partial charge in [0.1, 0.15) is 0 Å². The molecule has 38 heavy (non-hydrogen) atoms. The Morgan fingerprint density at radius 3 is 1.13 bits per heavy atom. The number of carboxylic acid groups (broad SMARTS) is 3. The third-order valence-electron chi connectivity index (χ3n) is 8.29. The van der Waals surface area contributed by atoms with Crippen molar-refractivity contribution in [3.8, 4) is 0 Å². The molecule has 0 aromatic heterocycles. The third-order valence-corrected chi connectivity index (χ3v) is 8.29. The summed E-state index contributed by atoms with van der Waals surface area (Å²) in [7, 11) is 0. The average Bonchev–Trinajstić information content (AvgIpc) is 2.88. The predicted molar refractivity (Wildman–Crippen MR) is 154 cm³/mol. The van der Waals surface area contributed by atoms with Gasteiger partial charge in [-0.05, 0) is 52.9 Å². The van der Waals surface area contributed by atoms with Crippen LogP contribution in [0.25, 0.3) is 0 Å². The van der Waals surface area contributed by atoms with E-state index in [1.165, 1.54) is 111 Å². The van der Waals surface area contributed by atoms with Gasteiger partial charge in [0.15, 0.2) is 18.1 Å². The van der Waals surface area contributed by atoms with Crippen LogP contribution < -0.4 is 0 Å². The van der Waals surface area contributed by atoms with Gasteiger partial charge in [-0.2, -0.15) is 0 Å². The Kier molecular flexibility index (Phi) is 20.9. The van der Waals surface area contributed by atoms with Crippen LogP contribution in [0.1, 0.15) is 143 Å². The Labute approximate surface area is 232 Å². The summed E-state index contributed by atoms with van der Waals surface area (Å²) < 4.78 is -0.476. The van der Waals surface area contributed by atoms with Gasteiger partial charge < -0.3 is 15.3 Å². The Morgan fingerprint density at radius 2 is 0.816 bits per heavy atom. The van der Waals surface area contributed by atoms with Crippen molar-refractivity contribution in [3.63, 3.8) is 0 Å². The summed E-state index contributed by atoms with van der Waals surface area (Å²) in [6.07, 6.45) is 26.3. The molecule has 222 valence electrons. The number of aliphatic carboxylic acids is 3. The Bertz CT molecular complexity index is 627. The standard InChI is InChI=1S/C31H57NO6/c1-5-6-7-8-9-10-11-12-13-14-15-16-17-18-19-20-21-22-23-24-25-32(26(2)29(33)34,27(3)30(35)36)28(4)31(37)38/h8-9,26-28H,5-7,10-25H2,1-4H3,(H2-,33,34,35,36,37,38)/p+1/b9-8+. The first kappa shape index (κ1) is 36.1. The molecule has 0 aliphatic rings. The van der Waals surface area contributed by atoms with Crippen LogP contribution in [0.5, 0.6) is 0 Å². The van der Waals surface area contributed by atoms with Gasteiger partial charge >= 0.3 is 17.9 Å². The molecule has 0 amide bonds. The zero-order valence-electron chi connectivity index (χ0n) is 24.8. The number of carboxylic acids is 3. The molecule has 7 heteroatoms. The lowest BCUT2D eigenvalue weighted by Crippen LogP contribution is -2.70. The molecule has 0 radical (unpaired) electrons. The number of hydrogen-bond acceptors (Lipinski definition) is 3. The number of quaternary nitrogens is 1. The van der Waals surface area contributed by atoms with E-state index >= 15 is 0 Å². The van der Waals surface area contributed by atoms with Gasteiger partial charge in [0.2, 0.25) is 0 Å². The fourth-order valence-corrected chi connectivity index (χ4v) is 5.53. The van der Waals surface area contributed by atoms with Gasteiger partial charge in [0.05, 0.1) is 6.54 Å². The molecule has 0 saturated heterocycles. The normalized spacial score (nSPS) is 15.7. The second-order valence-corrected chi connectivity index (χ2v) is 11.1. The number of hydrogen-bond donors (Lipinski definition) is 3. The molecule has 0 aromatic rings. The largest absolute Gasteiger partial charge is 0.477 e. The van der Waals surface area contributed by atoms with Crippen LogP contribution in [0.15, 0.2) is 12.2 Å². The number of rotatable bonds is 26. The maximum atomic E-state index is 11.8. The van der Waals surface area contributed by atoms with Crippen LogP contribution in [-0.4, -0.2) is 62.4 Å². The third kappa shape index (κ3) is 14.3. The van der Waals surface area contributed by atoms with E-state index in [0.717, 1.165) is 19.3 Å². The lowest BCUT2D eigenvalue weighted by molar-refractivity contribution is -0.968. The van der Waals surface area contributed by atoms with Crippen LogP contribution in [-0.2, 0) is 14.4 Å².